The van der Waals surface area contributed by atoms with Gasteiger partial charge < -0.3 is 19.4 Å². The second kappa shape index (κ2) is 13.7. The average molecular weight is 606 g/mol. The number of fused-ring (bicyclic) bond motifs is 5. The third kappa shape index (κ3) is 6.89. The molecular formula is C35H51N5O4. The van der Waals surface area contributed by atoms with Crippen molar-refractivity contribution in [2.75, 3.05) is 27.2 Å². The number of piperidine rings is 2. The van der Waals surface area contributed by atoms with Crippen LogP contribution in [0.15, 0.2) is 34.2 Å². The Hall–Kier alpha value is -2.78. The molecule has 1 N–H and O–H groups in total. The molecule has 2 saturated carbocycles. The van der Waals surface area contributed by atoms with Gasteiger partial charge in [0.15, 0.2) is 5.69 Å². The molecule has 1 aromatic heterocycles. The Labute approximate surface area is 261 Å². The fraction of sp³-hybridized carbons (Fsp3) is 0.714. The standard InChI is InChI=1S/C35H51N5O4/c1-23-16-24-18-25(17-23)20-28(19-24)39-26-8-6-9-27(39)22-29(21-26)40-32-11-5-4-10-30(32)36-34(35(40)43)31(12-13-33(41)42)37-44-15-7-14-38(2)3/h4-5,10-11,23-29H,6-9,12-22H2,1-3H3,(H,41,42)/b37-31+/t23-,24-,25+,26-,27+,28?,29?. The molecule has 7 atom stereocenters. The van der Waals surface area contributed by atoms with Crippen molar-refractivity contribution in [2.45, 2.75) is 115 Å². The highest BCUT2D eigenvalue weighted by Crippen LogP contribution is 2.48. The Kier molecular flexibility index (Phi) is 9.71. The van der Waals surface area contributed by atoms with E-state index >= 15 is 0 Å². The summed E-state index contributed by atoms with van der Waals surface area (Å²) in [4.78, 5) is 41.4. The van der Waals surface area contributed by atoms with Gasteiger partial charge in [-0.25, -0.2) is 4.98 Å². The van der Waals surface area contributed by atoms with Crippen molar-refractivity contribution < 1.29 is 14.7 Å². The summed E-state index contributed by atoms with van der Waals surface area (Å²) < 4.78 is 1.99. The smallest absolute Gasteiger partial charge is 0.303 e. The van der Waals surface area contributed by atoms with E-state index in [4.69, 9.17) is 9.82 Å². The summed E-state index contributed by atoms with van der Waals surface area (Å²) in [5.41, 5.74) is 1.95. The molecule has 6 rings (SSSR count). The van der Waals surface area contributed by atoms with Gasteiger partial charge in [0.1, 0.15) is 12.3 Å². The minimum atomic E-state index is -0.937. The van der Waals surface area contributed by atoms with E-state index in [1.54, 1.807) is 0 Å². The van der Waals surface area contributed by atoms with E-state index < -0.39 is 5.97 Å². The lowest BCUT2D eigenvalue weighted by molar-refractivity contribution is -0.136. The molecule has 9 nitrogen and oxygen atoms in total. The molecule has 2 aliphatic carbocycles. The van der Waals surface area contributed by atoms with Crippen LogP contribution in [0.4, 0.5) is 0 Å². The maximum absolute atomic E-state index is 14.4. The molecule has 2 saturated heterocycles. The van der Waals surface area contributed by atoms with E-state index in [0.29, 0.717) is 30.4 Å². The van der Waals surface area contributed by atoms with Gasteiger partial charge in [-0.05, 0) is 108 Å². The third-order valence-corrected chi connectivity index (χ3v) is 10.8. The Balaban J connectivity index is 1.30. The minimum absolute atomic E-state index is 0.0746. The number of benzene rings is 1. The second-order valence-electron chi connectivity index (χ2n) is 14.5. The van der Waals surface area contributed by atoms with Crippen LogP contribution in [-0.4, -0.2) is 81.5 Å². The van der Waals surface area contributed by atoms with Crippen molar-refractivity contribution >= 4 is 22.7 Å². The lowest BCUT2D eigenvalue weighted by Crippen LogP contribution is -2.59. The Morgan fingerprint density at radius 1 is 0.977 bits per heavy atom. The molecule has 4 aliphatic rings. The van der Waals surface area contributed by atoms with Gasteiger partial charge in [0.2, 0.25) is 0 Å². The van der Waals surface area contributed by atoms with Crippen LogP contribution in [-0.2, 0) is 9.63 Å². The summed E-state index contributed by atoms with van der Waals surface area (Å²) in [5.74, 6) is 1.69. The van der Waals surface area contributed by atoms with Gasteiger partial charge in [-0.1, -0.05) is 30.6 Å². The monoisotopic (exact) mass is 605 g/mol. The molecule has 2 unspecified atom stereocenters. The first-order valence-electron chi connectivity index (χ1n) is 17.1. The van der Waals surface area contributed by atoms with Crippen LogP contribution in [0.2, 0.25) is 0 Å². The summed E-state index contributed by atoms with van der Waals surface area (Å²) in [6, 6.07) is 9.62. The predicted molar refractivity (Wildman–Crippen MR) is 173 cm³/mol. The molecule has 9 heteroatoms. The number of hydrogen-bond donors (Lipinski definition) is 1. The molecule has 4 fully saturated rings. The van der Waals surface area contributed by atoms with Gasteiger partial charge in [0.25, 0.3) is 5.56 Å². The molecular weight excluding hydrogens is 554 g/mol. The highest BCUT2D eigenvalue weighted by molar-refractivity contribution is 6.00. The van der Waals surface area contributed by atoms with Crippen LogP contribution in [0.3, 0.4) is 0 Å². The lowest BCUT2D eigenvalue weighted by atomic mass is 9.65. The predicted octanol–water partition coefficient (Wildman–Crippen LogP) is 5.71. The van der Waals surface area contributed by atoms with Gasteiger partial charge in [-0.3, -0.25) is 14.5 Å². The van der Waals surface area contributed by atoms with Crippen LogP contribution in [0.25, 0.3) is 11.0 Å². The minimum Gasteiger partial charge on any atom is -0.481 e. The quantitative estimate of drug-likeness (QED) is 0.199. The van der Waals surface area contributed by atoms with Crippen molar-refractivity contribution in [3.8, 4) is 0 Å². The number of rotatable bonds is 11. The van der Waals surface area contributed by atoms with Gasteiger partial charge in [0, 0.05) is 37.1 Å². The summed E-state index contributed by atoms with van der Waals surface area (Å²) in [6.45, 7) is 3.68. The summed E-state index contributed by atoms with van der Waals surface area (Å²) in [7, 11) is 4.00. The van der Waals surface area contributed by atoms with Crippen molar-refractivity contribution in [1.82, 2.24) is 19.4 Å². The molecule has 2 aromatic rings. The largest absolute Gasteiger partial charge is 0.481 e. The van der Waals surface area contributed by atoms with Crippen LogP contribution < -0.4 is 5.56 Å². The maximum atomic E-state index is 14.4. The second-order valence-corrected chi connectivity index (χ2v) is 14.5. The SMILES string of the molecule is C[C@@H]1C[C@H]2CC(N3[C@@H]4CCC[C@H]3CC(n3c(=O)c(/C(CCC(=O)O)=N/OCCCN(C)C)nc5ccccc53)C4)C[C@@H](C1)C2. The number of carboxylic acid groups (broad SMARTS) is 1. The highest BCUT2D eigenvalue weighted by Gasteiger charge is 2.46. The summed E-state index contributed by atoms with van der Waals surface area (Å²) >= 11 is 0. The average Bonchev–Trinajstić information content (AvgIpc) is 2.97. The Morgan fingerprint density at radius 2 is 1.68 bits per heavy atom. The zero-order valence-electron chi connectivity index (χ0n) is 26.9. The van der Waals surface area contributed by atoms with Gasteiger partial charge in [0.05, 0.1) is 17.5 Å². The van der Waals surface area contributed by atoms with Crippen LogP contribution in [0, 0.1) is 17.8 Å². The van der Waals surface area contributed by atoms with Crippen molar-refractivity contribution in [1.29, 1.82) is 0 Å². The molecule has 3 heterocycles. The number of aliphatic carboxylic acids is 1. The number of nitrogens with zero attached hydrogens (tertiary/aromatic N) is 5. The topological polar surface area (TPSA) is 100 Å². The number of hydrogen-bond acceptors (Lipinski definition) is 7. The molecule has 0 spiro atoms. The molecule has 4 bridgehead atoms. The van der Waals surface area contributed by atoms with Gasteiger partial charge in [-0.15, -0.1) is 0 Å². The first-order chi connectivity index (χ1) is 21.3. The van der Waals surface area contributed by atoms with Crippen molar-refractivity contribution in [3.63, 3.8) is 0 Å². The van der Waals surface area contributed by atoms with E-state index in [2.05, 4.69) is 21.9 Å². The number of para-hydroxylation sites is 2. The van der Waals surface area contributed by atoms with E-state index in [1.165, 1.54) is 51.4 Å². The fourth-order valence-corrected chi connectivity index (χ4v) is 9.29. The van der Waals surface area contributed by atoms with E-state index in [-0.39, 0.29) is 30.1 Å². The molecule has 44 heavy (non-hydrogen) atoms. The van der Waals surface area contributed by atoms with Crippen molar-refractivity contribution in [3.05, 3.63) is 40.3 Å². The molecule has 240 valence electrons. The number of carboxylic acids is 1. The summed E-state index contributed by atoms with van der Waals surface area (Å²) in [5, 5.41) is 13.8. The van der Waals surface area contributed by atoms with Gasteiger partial charge in [-0.2, -0.15) is 0 Å². The van der Waals surface area contributed by atoms with E-state index in [0.717, 1.165) is 54.6 Å². The van der Waals surface area contributed by atoms with Crippen LogP contribution in [0.1, 0.15) is 102 Å². The number of oxime groups is 1. The lowest BCUT2D eigenvalue weighted by Gasteiger charge is -2.55. The van der Waals surface area contributed by atoms with E-state index in [1.807, 2.05) is 42.9 Å². The Bertz CT molecular complexity index is 1370. The van der Waals surface area contributed by atoms with E-state index in [9.17, 15) is 14.7 Å². The molecule has 1 aromatic carbocycles. The zero-order valence-corrected chi connectivity index (χ0v) is 26.9. The molecule has 2 aliphatic heterocycles. The molecule has 0 radical (unpaired) electrons. The molecule has 0 amide bonds. The number of carbonyl (C=O) groups is 1. The fourth-order valence-electron chi connectivity index (χ4n) is 9.29. The van der Waals surface area contributed by atoms with Gasteiger partial charge >= 0.3 is 5.97 Å². The number of aromatic nitrogens is 2. The van der Waals surface area contributed by atoms with Crippen molar-refractivity contribution in [2.24, 2.45) is 22.9 Å². The van der Waals surface area contributed by atoms with Crippen LogP contribution >= 0.6 is 0 Å². The first-order valence-corrected chi connectivity index (χ1v) is 17.1. The third-order valence-electron chi connectivity index (χ3n) is 10.8. The zero-order chi connectivity index (χ0) is 30.8. The first kappa shape index (κ1) is 31.2. The normalized spacial score (nSPS) is 30.9. The highest BCUT2D eigenvalue weighted by atomic mass is 16.6. The summed E-state index contributed by atoms with van der Waals surface area (Å²) in [6.07, 6.45) is 13.2. The van der Waals surface area contributed by atoms with Crippen LogP contribution in [0.5, 0.6) is 0 Å². The maximum Gasteiger partial charge on any atom is 0.303 e. The Morgan fingerprint density at radius 3 is 2.36 bits per heavy atom.